The van der Waals surface area contributed by atoms with Crippen molar-refractivity contribution < 1.29 is 17.9 Å². The van der Waals surface area contributed by atoms with E-state index in [2.05, 4.69) is 5.32 Å². The zero-order valence-corrected chi connectivity index (χ0v) is 14.6. The number of methoxy groups -OCH3 is 1. The minimum atomic E-state index is -3.54. The summed E-state index contributed by atoms with van der Waals surface area (Å²) in [5.41, 5.74) is 1.25. The number of anilines is 1. The number of sulfonamides is 1. The molecule has 0 aliphatic rings. The number of ether oxygens (including phenoxy) is 1. The van der Waals surface area contributed by atoms with Gasteiger partial charge in [-0.2, -0.15) is 0 Å². The maximum atomic E-state index is 12.2. The third kappa shape index (κ3) is 4.33. The first-order chi connectivity index (χ1) is 11.3. The summed E-state index contributed by atoms with van der Waals surface area (Å²) in [7, 11) is 0.951. The third-order valence-corrected chi connectivity index (χ3v) is 5.21. The van der Waals surface area contributed by atoms with E-state index in [1.165, 1.54) is 26.2 Å². The van der Waals surface area contributed by atoms with Crippen molar-refractivity contribution in [3.63, 3.8) is 0 Å². The molecule has 0 aliphatic heterocycles. The smallest absolute Gasteiger partial charge is 0.242 e. The normalized spacial score (nSPS) is 11.3. The molecule has 0 saturated carbocycles. The van der Waals surface area contributed by atoms with Gasteiger partial charge in [-0.05, 0) is 35.9 Å². The number of carbonyl (C=O) groups is 1. The first-order valence-electron chi connectivity index (χ1n) is 7.28. The van der Waals surface area contributed by atoms with Gasteiger partial charge in [0.15, 0.2) is 0 Å². The molecule has 1 amide bonds. The van der Waals surface area contributed by atoms with Crippen LogP contribution in [0.25, 0.3) is 0 Å². The van der Waals surface area contributed by atoms with E-state index in [4.69, 9.17) is 4.74 Å². The van der Waals surface area contributed by atoms with Crippen LogP contribution in [0.3, 0.4) is 0 Å². The summed E-state index contributed by atoms with van der Waals surface area (Å²) in [6, 6.07) is 13.4. The molecule has 24 heavy (non-hydrogen) atoms. The van der Waals surface area contributed by atoms with Gasteiger partial charge in [-0.15, -0.1) is 0 Å². The lowest BCUT2D eigenvalue weighted by Crippen LogP contribution is -2.22. The van der Waals surface area contributed by atoms with Crippen molar-refractivity contribution in [3.05, 3.63) is 54.1 Å². The van der Waals surface area contributed by atoms with E-state index in [-0.39, 0.29) is 17.2 Å². The van der Waals surface area contributed by atoms with E-state index < -0.39 is 10.0 Å². The fourth-order valence-corrected chi connectivity index (χ4v) is 3.07. The van der Waals surface area contributed by atoms with E-state index >= 15 is 0 Å². The lowest BCUT2D eigenvalue weighted by Gasteiger charge is -2.12. The SMILES string of the molecule is COc1cccc(CC(=O)Nc2cccc(S(=O)(=O)N(C)C)c2)c1. The van der Waals surface area contributed by atoms with Gasteiger partial charge in [0.1, 0.15) is 5.75 Å². The van der Waals surface area contributed by atoms with Crippen LogP contribution < -0.4 is 10.1 Å². The summed E-state index contributed by atoms with van der Waals surface area (Å²) in [5, 5.41) is 2.72. The maximum Gasteiger partial charge on any atom is 0.242 e. The Bertz CT molecular complexity index is 832. The molecule has 1 N–H and O–H groups in total. The quantitative estimate of drug-likeness (QED) is 0.868. The van der Waals surface area contributed by atoms with Gasteiger partial charge >= 0.3 is 0 Å². The highest BCUT2D eigenvalue weighted by molar-refractivity contribution is 7.89. The summed E-state index contributed by atoms with van der Waals surface area (Å²) in [6.45, 7) is 0. The lowest BCUT2D eigenvalue weighted by molar-refractivity contribution is -0.115. The highest BCUT2D eigenvalue weighted by atomic mass is 32.2. The minimum Gasteiger partial charge on any atom is -0.497 e. The zero-order chi connectivity index (χ0) is 17.7. The Morgan fingerprint density at radius 3 is 2.50 bits per heavy atom. The molecule has 0 atom stereocenters. The number of benzene rings is 2. The first-order valence-corrected chi connectivity index (χ1v) is 8.72. The van der Waals surface area contributed by atoms with Crippen LogP contribution in [0.15, 0.2) is 53.4 Å². The van der Waals surface area contributed by atoms with Crippen molar-refractivity contribution in [1.29, 1.82) is 0 Å². The second-order valence-electron chi connectivity index (χ2n) is 5.39. The van der Waals surface area contributed by atoms with Crippen LogP contribution in [0.1, 0.15) is 5.56 Å². The summed E-state index contributed by atoms with van der Waals surface area (Å²) in [6.07, 6.45) is 0.169. The summed E-state index contributed by atoms with van der Waals surface area (Å²) >= 11 is 0. The summed E-state index contributed by atoms with van der Waals surface area (Å²) < 4.78 is 30.5. The zero-order valence-electron chi connectivity index (χ0n) is 13.8. The molecule has 2 aromatic rings. The van der Waals surface area contributed by atoms with E-state index in [1.807, 2.05) is 12.1 Å². The molecule has 0 aliphatic carbocycles. The van der Waals surface area contributed by atoms with Crippen molar-refractivity contribution in [2.75, 3.05) is 26.5 Å². The molecule has 0 fully saturated rings. The molecule has 0 unspecified atom stereocenters. The van der Waals surface area contributed by atoms with Gasteiger partial charge in [-0.25, -0.2) is 12.7 Å². The minimum absolute atomic E-state index is 0.131. The van der Waals surface area contributed by atoms with Crippen molar-refractivity contribution in [2.45, 2.75) is 11.3 Å². The number of hydrogen-bond donors (Lipinski definition) is 1. The Kier molecular flexibility index (Phi) is 5.58. The predicted molar refractivity (Wildman–Crippen MR) is 92.6 cm³/mol. The molecule has 0 heterocycles. The van der Waals surface area contributed by atoms with Gasteiger partial charge in [0.05, 0.1) is 18.4 Å². The molecule has 0 bridgehead atoms. The van der Waals surface area contributed by atoms with Crippen LogP contribution in [-0.2, 0) is 21.2 Å². The Morgan fingerprint density at radius 2 is 1.83 bits per heavy atom. The van der Waals surface area contributed by atoms with Gasteiger partial charge in [0.25, 0.3) is 0 Å². The van der Waals surface area contributed by atoms with Gasteiger partial charge < -0.3 is 10.1 Å². The monoisotopic (exact) mass is 348 g/mol. The fourth-order valence-electron chi connectivity index (χ4n) is 2.12. The predicted octanol–water partition coefficient (Wildman–Crippen LogP) is 2.13. The number of nitrogens with zero attached hydrogens (tertiary/aromatic N) is 1. The molecule has 6 nitrogen and oxygen atoms in total. The number of carbonyl (C=O) groups excluding carboxylic acids is 1. The van der Waals surface area contributed by atoms with E-state index in [0.29, 0.717) is 11.4 Å². The van der Waals surface area contributed by atoms with Crippen molar-refractivity contribution in [2.24, 2.45) is 0 Å². The lowest BCUT2D eigenvalue weighted by atomic mass is 10.1. The molecule has 0 saturated heterocycles. The van der Waals surface area contributed by atoms with Crippen LogP contribution in [0.2, 0.25) is 0 Å². The third-order valence-electron chi connectivity index (χ3n) is 3.40. The van der Waals surface area contributed by atoms with Gasteiger partial charge in [0, 0.05) is 19.8 Å². The highest BCUT2D eigenvalue weighted by Gasteiger charge is 2.17. The number of hydrogen-bond acceptors (Lipinski definition) is 4. The van der Waals surface area contributed by atoms with E-state index in [1.54, 1.807) is 31.4 Å². The van der Waals surface area contributed by atoms with Crippen LogP contribution in [-0.4, -0.2) is 39.8 Å². The largest absolute Gasteiger partial charge is 0.497 e. The van der Waals surface area contributed by atoms with Crippen LogP contribution in [0.5, 0.6) is 5.75 Å². The molecule has 0 spiro atoms. The second-order valence-corrected chi connectivity index (χ2v) is 7.54. The Hall–Kier alpha value is -2.38. The molecule has 128 valence electrons. The average molecular weight is 348 g/mol. The molecule has 0 aromatic heterocycles. The molecular weight excluding hydrogens is 328 g/mol. The Balaban J connectivity index is 2.12. The maximum absolute atomic E-state index is 12.2. The molecule has 2 aromatic carbocycles. The van der Waals surface area contributed by atoms with Gasteiger partial charge in [0.2, 0.25) is 15.9 Å². The summed E-state index contributed by atoms with van der Waals surface area (Å²) in [5.74, 6) is 0.446. The van der Waals surface area contributed by atoms with Gasteiger partial charge in [-0.1, -0.05) is 18.2 Å². The Labute approximate surface area is 142 Å². The summed E-state index contributed by atoms with van der Waals surface area (Å²) in [4.78, 5) is 12.3. The first kappa shape index (κ1) is 18.0. The van der Waals surface area contributed by atoms with Crippen molar-refractivity contribution in [3.8, 4) is 5.75 Å². The fraction of sp³-hybridized carbons (Fsp3) is 0.235. The van der Waals surface area contributed by atoms with Gasteiger partial charge in [-0.3, -0.25) is 4.79 Å². The number of nitrogens with one attached hydrogen (secondary N) is 1. The average Bonchev–Trinajstić information content (AvgIpc) is 2.55. The Morgan fingerprint density at radius 1 is 1.12 bits per heavy atom. The van der Waals surface area contributed by atoms with Crippen molar-refractivity contribution in [1.82, 2.24) is 4.31 Å². The van der Waals surface area contributed by atoms with E-state index in [0.717, 1.165) is 9.87 Å². The van der Waals surface area contributed by atoms with E-state index in [9.17, 15) is 13.2 Å². The highest BCUT2D eigenvalue weighted by Crippen LogP contribution is 2.19. The molecular formula is C17H20N2O4S. The second kappa shape index (κ2) is 7.46. The standard InChI is InChI=1S/C17H20N2O4S/c1-19(2)24(21,22)16-9-5-7-14(12-16)18-17(20)11-13-6-4-8-15(10-13)23-3/h4-10,12H,11H2,1-3H3,(H,18,20). The molecule has 7 heteroatoms. The topological polar surface area (TPSA) is 75.7 Å². The molecule has 0 radical (unpaired) electrons. The van der Waals surface area contributed by atoms with Crippen LogP contribution in [0.4, 0.5) is 5.69 Å². The van der Waals surface area contributed by atoms with Crippen molar-refractivity contribution >= 4 is 21.6 Å². The number of amides is 1. The molecule has 2 rings (SSSR count). The van der Waals surface area contributed by atoms with Crippen LogP contribution in [0, 0.1) is 0 Å². The van der Waals surface area contributed by atoms with Crippen LogP contribution >= 0.6 is 0 Å². The number of rotatable bonds is 6.